The van der Waals surface area contributed by atoms with Gasteiger partial charge < -0.3 is 9.64 Å². The molecule has 0 aliphatic heterocycles. The number of benzene rings is 2. The molecule has 3 aromatic rings. The Morgan fingerprint density at radius 2 is 1.82 bits per heavy atom. The number of aryl methyl sites for hydroxylation is 1. The molecule has 1 amide bonds. The first-order valence-corrected chi connectivity index (χ1v) is 9.01. The van der Waals surface area contributed by atoms with E-state index in [1.165, 1.54) is 16.5 Å². The average molecular weight is 374 g/mol. The minimum Gasteiger partial charge on any atom is -0.452 e. The highest BCUT2D eigenvalue weighted by Crippen LogP contribution is 2.17. The topological polar surface area (TPSA) is 59.5 Å². The van der Waals surface area contributed by atoms with Gasteiger partial charge in [-0.05, 0) is 24.6 Å². The Balaban J connectivity index is 1.53. The van der Waals surface area contributed by atoms with Crippen molar-refractivity contribution in [2.24, 2.45) is 0 Å². The molecule has 28 heavy (non-hydrogen) atoms. The van der Waals surface area contributed by atoms with E-state index < -0.39 is 5.97 Å². The Labute approximate surface area is 164 Å². The molecule has 0 radical (unpaired) electrons. The lowest BCUT2D eigenvalue weighted by molar-refractivity contribution is -0.147. The van der Waals surface area contributed by atoms with Crippen LogP contribution in [-0.4, -0.2) is 35.4 Å². The number of rotatable bonds is 6. The number of aromatic nitrogens is 1. The molecule has 5 nitrogen and oxygen atoms in total. The molecule has 0 spiro atoms. The minimum atomic E-state index is -0.565. The summed E-state index contributed by atoms with van der Waals surface area (Å²) < 4.78 is 5.08. The highest BCUT2D eigenvalue weighted by molar-refractivity contribution is 5.93. The van der Waals surface area contributed by atoms with E-state index >= 15 is 0 Å². The van der Waals surface area contributed by atoms with E-state index in [4.69, 9.17) is 4.74 Å². The van der Waals surface area contributed by atoms with Crippen molar-refractivity contribution >= 4 is 28.9 Å². The maximum absolute atomic E-state index is 12.2. The normalized spacial score (nSPS) is 10.9. The van der Waals surface area contributed by atoms with Gasteiger partial charge in [0, 0.05) is 36.8 Å². The van der Waals surface area contributed by atoms with Gasteiger partial charge in [-0.1, -0.05) is 54.1 Å². The van der Waals surface area contributed by atoms with Crippen LogP contribution in [0.4, 0.5) is 0 Å². The van der Waals surface area contributed by atoms with Gasteiger partial charge in [-0.3, -0.25) is 9.78 Å². The van der Waals surface area contributed by atoms with Gasteiger partial charge in [-0.2, -0.15) is 0 Å². The standard InChI is InChI=1S/C23H22N2O3/c1-17-8-10-18(11-9-17)15-25(2)21(26)16-28-22(27)13-12-20-6-3-5-19-7-4-14-24-23(19)20/h3-14H,15-16H2,1-2H3/b13-12+. The molecule has 0 saturated heterocycles. The maximum Gasteiger partial charge on any atom is 0.331 e. The molecule has 0 aliphatic rings. The number of pyridine rings is 1. The molecule has 3 rings (SSSR count). The summed E-state index contributed by atoms with van der Waals surface area (Å²) in [5.74, 6) is -0.820. The third kappa shape index (κ3) is 5.04. The molecule has 0 atom stereocenters. The second kappa shape index (κ2) is 8.95. The quantitative estimate of drug-likeness (QED) is 0.487. The van der Waals surface area contributed by atoms with Crippen molar-refractivity contribution in [2.45, 2.75) is 13.5 Å². The van der Waals surface area contributed by atoms with Gasteiger partial charge >= 0.3 is 5.97 Å². The van der Waals surface area contributed by atoms with Gasteiger partial charge in [0.1, 0.15) is 0 Å². The first-order valence-electron chi connectivity index (χ1n) is 9.01. The van der Waals surface area contributed by atoms with E-state index in [9.17, 15) is 9.59 Å². The van der Waals surface area contributed by atoms with Gasteiger partial charge in [0.25, 0.3) is 5.91 Å². The van der Waals surface area contributed by atoms with E-state index in [1.807, 2.05) is 61.5 Å². The van der Waals surface area contributed by atoms with Gasteiger partial charge in [0.15, 0.2) is 6.61 Å². The van der Waals surface area contributed by atoms with Crippen LogP contribution in [0.25, 0.3) is 17.0 Å². The number of likely N-dealkylation sites (N-methyl/N-ethyl adjacent to an activating group) is 1. The highest BCUT2D eigenvalue weighted by Gasteiger charge is 2.11. The van der Waals surface area contributed by atoms with Crippen molar-refractivity contribution in [1.82, 2.24) is 9.88 Å². The molecule has 142 valence electrons. The number of fused-ring (bicyclic) bond motifs is 1. The van der Waals surface area contributed by atoms with Crippen molar-refractivity contribution in [3.8, 4) is 0 Å². The van der Waals surface area contributed by atoms with Crippen LogP contribution < -0.4 is 0 Å². The van der Waals surface area contributed by atoms with Gasteiger partial charge in [0.05, 0.1) is 5.52 Å². The number of hydrogen-bond donors (Lipinski definition) is 0. The number of amides is 1. The fourth-order valence-electron chi connectivity index (χ4n) is 2.77. The second-order valence-electron chi connectivity index (χ2n) is 6.60. The third-order valence-corrected chi connectivity index (χ3v) is 4.37. The van der Waals surface area contributed by atoms with E-state index in [0.717, 1.165) is 22.0 Å². The second-order valence-corrected chi connectivity index (χ2v) is 6.60. The number of para-hydroxylation sites is 1. The Hall–Kier alpha value is -3.47. The Bertz CT molecular complexity index is 1000. The van der Waals surface area contributed by atoms with Gasteiger partial charge in [-0.15, -0.1) is 0 Å². The molecular weight excluding hydrogens is 352 g/mol. The fourth-order valence-corrected chi connectivity index (χ4v) is 2.77. The number of esters is 1. The summed E-state index contributed by atoms with van der Waals surface area (Å²) in [6.07, 6.45) is 4.68. The largest absolute Gasteiger partial charge is 0.452 e. The summed E-state index contributed by atoms with van der Waals surface area (Å²) in [5.41, 5.74) is 3.82. The van der Waals surface area contributed by atoms with Crippen molar-refractivity contribution < 1.29 is 14.3 Å². The van der Waals surface area contributed by atoms with Crippen molar-refractivity contribution in [1.29, 1.82) is 0 Å². The smallest absolute Gasteiger partial charge is 0.331 e. The van der Waals surface area contributed by atoms with Crippen LogP contribution in [0.1, 0.15) is 16.7 Å². The molecule has 1 heterocycles. The molecule has 0 bridgehead atoms. The lowest BCUT2D eigenvalue weighted by atomic mass is 10.1. The summed E-state index contributed by atoms with van der Waals surface area (Å²) in [6.45, 7) is 2.19. The van der Waals surface area contributed by atoms with Crippen LogP contribution in [-0.2, 0) is 20.9 Å². The Morgan fingerprint density at radius 3 is 2.61 bits per heavy atom. The Kier molecular flexibility index (Phi) is 6.17. The minimum absolute atomic E-state index is 0.255. The van der Waals surface area contributed by atoms with Crippen LogP contribution in [0, 0.1) is 6.92 Å². The maximum atomic E-state index is 12.2. The Morgan fingerprint density at radius 1 is 1.07 bits per heavy atom. The SMILES string of the molecule is Cc1ccc(CN(C)C(=O)COC(=O)/C=C/c2cccc3cccnc23)cc1. The van der Waals surface area contributed by atoms with E-state index in [0.29, 0.717) is 6.54 Å². The molecule has 0 N–H and O–H groups in total. The number of carbonyl (C=O) groups is 2. The van der Waals surface area contributed by atoms with Crippen LogP contribution in [0.15, 0.2) is 66.9 Å². The van der Waals surface area contributed by atoms with Crippen molar-refractivity contribution in [2.75, 3.05) is 13.7 Å². The lowest BCUT2D eigenvalue weighted by Gasteiger charge is -2.17. The zero-order valence-electron chi connectivity index (χ0n) is 16.0. The average Bonchev–Trinajstić information content (AvgIpc) is 2.72. The number of ether oxygens (including phenoxy) is 1. The van der Waals surface area contributed by atoms with Crippen LogP contribution in [0.2, 0.25) is 0 Å². The molecule has 0 saturated carbocycles. The van der Waals surface area contributed by atoms with Crippen LogP contribution in [0.3, 0.4) is 0 Å². The summed E-state index contributed by atoms with van der Waals surface area (Å²) in [5, 5.41) is 0.992. The highest BCUT2D eigenvalue weighted by atomic mass is 16.5. The zero-order valence-corrected chi connectivity index (χ0v) is 16.0. The van der Waals surface area contributed by atoms with Crippen LogP contribution in [0.5, 0.6) is 0 Å². The fraction of sp³-hybridized carbons (Fsp3) is 0.174. The summed E-state index contributed by atoms with van der Waals surface area (Å²) >= 11 is 0. The third-order valence-electron chi connectivity index (χ3n) is 4.37. The molecule has 5 heteroatoms. The number of carbonyl (C=O) groups excluding carboxylic acids is 2. The molecule has 0 fully saturated rings. The van der Waals surface area contributed by atoms with Gasteiger partial charge in [-0.25, -0.2) is 4.79 Å². The van der Waals surface area contributed by atoms with E-state index in [-0.39, 0.29) is 12.5 Å². The summed E-state index contributed by atoms with van der Waals surface area (Å²) in [6, 6.07) is 17.5. The first-order chi connectivity index (χ1) is 13.5. The molecule has 1 aromatic heterocycles. The predicted molar refractivity (Wildman–Crippen MR) is 109 cm³/mol. The molecular formula is C23H22N2O3. The zero-order chi connectivity index (χ0) is 19.9. The van der Waals surface area contributed by atoms with Crippen molar-refractivity contribution in [3.05, 3.63) is 83.6 Å². The first kappa shape index (κ1) is 19.3. The van der Waals surface area contributed by atoms with Crippen LogP contribution >= 0.6 is 0 Å². The summed E-state index contributed by atoms with van der Waals surface area (Å²) in [7, 11) is 1.69. The monoisotopic (exact) mass is 374 g/mol. The predicted octanol–water partition coefficient (Wildman–Crippen LogP) is 3.76. The number of nitrogens with zero attached hydrogens (tertiary/aromatic N) is 2. The van der Waals surface area contributed by atoms with E-state index in [2.05, 4.69) is 4.98 Å². The lowest BCUT2D eigenvalue weighted by Crippen LogP contribution is -2.30. The summed E-state index contributed by atoms with van der Waals surface area (Å²) in [4.78, 5) is 30.0. The number of hydrogen-bond acceptors (Lipinski definition) is 4. The molecule has 0 unspecified atom stereocenters. The van der Waals surface area contributed by atoms with E-state index in [1.54, 1.807) is 19.3 Å². The van der Waals surface area contributed by atoms with Gasteiger partial charge in [0.2, 0.25) is 0 Å². The van der Waals surface area contributed by atoms with Crippen molar-refractivity contribution in [3.63, 3.8) is 0 Å². The molecule has 0 aliphatic carbocycles. The molecule has 2 aromatic carbocycles.